The minimum absolute atomic E-state index is 0.0363. The van der Waals surface area contributed by atoms with Gasteiger partial charge in [-0.05, 0) is 60.9 Å². The molecule has 0 aromatic heterocycles. The number of ether oxygens (including phenoxy) is 2. The zero-order valence-electron chi connectivity index (χ0n) is 19.3. The number of amides is 2. The van der Waals surface area contributed by atoms with Gasteiger partial charge in [-0.25, -0.2) is 0 Å². The number of carbonyl (C=O) groups excluding carboxylic acids is 2. The van der Waals surface area contributed by atoms with Crippen molar-refractivity contribution in [2.24, 2.45) is 0 Å². The maximum Gasteiger partial charge on any atom is 0.231 e. The lowest BCUT2D eigenvalue weighted by Gasteiger charge is -2.21. The van der Waals surface area contributed by atoms with E-state index in [1.54, 1.807) is 25.2 Å². The van der Waals surface area contributed by atoms with Gasteiger partial charge < -0.3 is 19.7 Å². The van der Waals surface area contributed by atoms with Gasteiger partial charge in [-0.15, -0.1) is 0 Å². The predicted molar refractivity (Wildman–Crippen MR) is 131 cm³/mol. The maximum atomic E-state index is 12.8. The molecular formula is C27H30N2O4. The predicted octanol–water partition coefficient (Wildman–Crippen LogP) is 4.87. The quantitative estimate of drug-likeness (QED) is 0.482. The minimum Gasteiger partial charge on any atom is -0.497 e. The molecule has 0 aliphatic heterocycles. The molecule has 6 nitrogen and oxygen atoms in total. The lowest BCUT2D eigenvalue weighted by Crippen LogP contribution is -2.31. The summed E-state index contributed by atoms with van der Waals surface area (Å²) in [5.74, 6) is 1.35. The molecule has 0 fully saturated rings. The van der Waals surface area contributed by atoms with Crippen LogP contribution < -0.4 is 19.7 Å². The summed E-state index contributed by atoms with van der Waals surface area (Å²) in [4.78, 5) is 26.9. The highest BCUT2D eigenvalue weighted by Crippen LogP contribution is 2.23. The first kappa shape index (κ1) is 23.9. The molecule has 0 radical (unpaired) electrons. The van der Waals surface area contributed by atoms with E-state index < -0.39 is 0 Å². The second-order valence-electron chi connectivity index (χ2n) is 7.62. The van der Waals surface area contributed by atoms with Crippen LogP contribution in [0.2, 0.25) is 0 Å². The van der Waals surface area contributed by atoms with Crippen molar-refractivity contribution in [3.05, 3.63) is 83.9 Å². The zero-order chi connectivity index (χ0) is 23.6. The van der Waals surface area contributed by atoms with Gasteiger partial charge in [0.2, 0.25) is 11.8 Å². The Morgan fingerprint density at radius 3 is 2.06 bits per heavy atom. The van der Waals surface area contributed by atoms with Gasteiger partial charge >= 0.3 is 0 Å². The maximum absolute atomic E-state index is 12.8. The molecule has 3 rings (SSSR count). The Kier molecular flexibility index (Phi) is 8.47. The number of nitrogens with one attached hydrogen (secondary N) is 1. The molecule has 0 heterocycles. The Morgan fingerprint density at radius 2 is 1.48 bits per heavy atom. The molecule has 172 valence electrons. The van der Waals surface area contributed by atoms with Crippen molar-refractivity contribution in [3.8, 4) is 11.5 Å². The molecule has 0 bridgehead atoms. The third kappa shape index (κ3) is 6.84. The van der Waals surface area contributed by atoms with Gasteiger partial charge in [-0.1, -0.05) is 30.3 Å². The Bertz CT molecular complexity index is 1040. The number of para-hydroxylation sites is 1. The lowest BCUT2D eigenvalue weighted by molar-refractivity contribution is -0.118. The molecule has 0 aliphatic carbocycles. The fourth-order valence-electron chi connectivity index (χ4n) is 3.58. The normalized spacial score (nSPS) is 10.4. The number of aryl methyl sites for hydroxylation is 1. The lowest BCUT2D eigenvalue weighted by atomic mass is 10.1. The van der Waals surface area contributed by atoms with E-state index in [-0.39, 0.29) is 11.8 Å². The number of benzene rings is 3. The molecule has 0 saturated heterocycles. The van der Waals surface area contributed by atoms with Crippen LogP contribution in [0.5, 0.6) is 11.5 Å². The number of hydrogen-bond acceptors (Lipinski definition) is 4. The van der Waals surface area contributed by atoms with Crippen molar-refractivity contribution >= 4 is 23.2 Å². The molecule has 3 aromatic rings. The topological polar surface area (TPSA) is 67.9 Å². The summed E-state index contributed by atoms with van der Waals surface area (Å²) in [6.45, 7) is 2.57. The molecule has 1 N–H and O–H groups in total. The number of nitrogens with zero attached hydrogens (tertiary/aromatic N) is 1. The average Bonchev–Trinajstić information content (AvgIpc) is 2.85. The molecule has 0 atom stereocenters. The first-order chi connectivity index (χ1) is 16.0. The highest BCUT2D eigenvalue weighted by molar-refractivity contribution is 5.95. The van der Waals surface area contributed by atoms with E-state index in [2.05, 4.69) is 5.32 Å². The van der Waals surface area contributed by atoms with Crippen molar-refractivity contribution < 1.29 is 19.1 Å². The second kappa shape index (κ2) is 11.7. The van der Waals surface area contributed by atoms with Gasteiger partial charge in [0.05, 0.1) is 20.6 Å². The van der Waals surface area contributed by atoms with Crippen molar-refractivity contribution in [1.29, 1.82) is 0 Å². The molecule has 0 saturated carbocycles. The van der Waals surface area contributed by atoms with Crippen molar-refractivity contribution in [2.75, 3.05) is 31.0 Å². The summed E-state index contributed by atoms with van der Waals surface area (Å²) in [6.07, 6.45) is 1.20. The summed E-state index contributed by atoms with van der Waals surface area (Å²) >= 11 is 0. The van der Waals surface area contributed by atoms with Gasteiger partial charge in [0.25, 0.3) is 0 Å². The van der Waals surface area contributed by atoms with Crippen LogP contribution in [0.4, 0.5) is 11.4 Å². The molecule has 0 spiro atoms. The van der Waals surface area contributed by atoms with E-state index >= 15 is 0 Å². The average molecular weight is 447 g/mol. The van der Waals surface area contributed by atoms with Crippen LogP contribution in [0, 0.1) is 0 Å². The largest absolute Gasteiger partial charge is 0.497 e. The van der Waals surface area contributed by atoms with E-state index in [9.17, 15) is 9.59 Å². The standard InChI is InChI=1S/C27H30N2O4/c1-4-29(23-8-6-5-7-9-23)27(31)18-20-10-13-22(14-11-20)28-26(30)15-12-21-16-24(32-2)19-25(17-21)33-3/h5-11,13-14,16-17,19H,4,12,15,18H2,1-3H3,(H,28,30). The number of hydrogen-bond donors (Lipinski definition) is 1. The highest BCUT2D eigenvalue weighted by atomic mass is 16.5. The van der Waals surface area contributed by atoms with Crippen LogP contribution in [0.25, 0.3) is 0 Å². The van der Waals surface area contributed by atoms with Gasteiger partial charge in [0.1, 0.15) is 11.5 Å². The summed E-state index contributed by atoms with van der Waals surface area (Å²) in [5.41, 5.74) is 3.46. The third-order valence-electron chi connectivity index (χ3n) is 5.33. The number of anilines is 2. The monoisotopic (exact) mass is 446 g/mol. The fourth-order valence-corrected chi connectivity index (χ4v) is 3.58. The van der Waals surface area contributed by atoms with E-state index in [1.807, 2.05) is 73.7 Å². The van der Waals surface area contributed by atoms with Crippen molar-refractivity contribution in [1.82, 2.24) is 0 Å². The van der Waals surface area contributed by atoms with Crippen LogP contribution in [0.3, 0.4) is 0 Å². The van der Waals surface area contributed by atoms with Gasteiger partial charge in [0.15, 0.2) is 0 Å². The molecule has 33 heavy (non-hydrogen) atoms. The number of methoxy groups -OCH3 is 2. The molecular weight excluding hydrogens is 416 g/mol. The summed E-state index contributed by atoms with van der Waals surface area (Å²) in [6, 6.07) is 22.6. The second-order valence-corrected chi connectivity index (χ2v) is 7.62. The van der Waals surface area contributed by atoms with Crippen LogP contribution in [-0.2, 0) is 22.4 Å². The van der Waals surface area contributed by atoms with Crippen LogP contribution in [-0.4, -0.2) is 32.6 Å². The smallest absolute Gasteiger partial charge is 0.231 e. The van der Waals surface area contributed by atoms with Crippen molar-refractivity contribution in [2.45, 2.75) is 26.2 Å². The summed E-state index contributed by atoms with van der Waals surface area (Å²) in [7, 11) is 3.20. The van der Waals surface area contributed by atoms with Crippen LogP contribution >= 0.6 is 0 Å². The molecule has 2 amide bonds. The van der Waals surface area contributed by atoms with Crippen LogP contribution in [0.15, 0.2) is 72.8 Å². The number of rotatable bonds is 10. The Labute approximate surface area is 195 Å². The summed E-state index contributed by atoms with van der Waals surface area (Å²) < 4.78 is 10.6. The number of likely N-dealkylation sites (N-methyl/N-ethyl adjacent to an activating group) is 1. The van der Waals surface area contributed by atoms with Gasteiger partial charge in [0, 0.05) is 30.4 Å². The molecule has 0 aliphatic rings. The van der Waals surface area contributed by atoms with Gasteiger partial charge in [-0.2, -0.15) is 0 Å². The minimum atomic E-state index is -0.0816. The van der Waals surface area contributed by atoms with E-state index in [4.69, 9.17) is 9.47 Å². The fraction of sp³-hybridized carbons (Fsp3) is 0.259. The number of carbonyl (C=O) groups is 2. The summed E-state index contributed by atoms with van der Waals surface area (Å²) in [5, 5.41) is 2.91. The van der Waals surface area contributed by atoms with E-state index in [1.165, 1.54) is 0 Å². The first-order valence-electron chi connectivity index (χ1n) is 11.0. The first-order valence-corrected chi connectivity index (χ1v) is 11.0. The van der Waals surface area contributed by atoms with Crippen molar-refractivity contribution in [3.63, 3.8) is 0 Å². The van der Waals surface area contributed by atoms with E-state index in [0.29, 0.717) is 43.0 Å². The SMILES string of the molecule is CCN(C(=O)Cc1ccc(NC(=O)CCc2cc(OC)cc(OC)c2)cc1)c1ccccc1. The third-order valence-corrected chi connectivity index (χ3v) is 5.33. The molecule has 6 heteroatoms. The Hall–Kier alpha value is -3.80. The van der Waals surface area contributed by atoms with Crippen LogP contribution in [0.1, 0.15) is 24.5 Å². The molecule has 3 aromatic carbocycles. The Morgan fingerprint density at radius 1 is 0.848 bits per heavy atom. The van der Waals surface area contributed by atoms with E-state index in [0.717, 1.165) is 16.8 Å². The zero-order valence-corrected chi connectivity index (χ0v) is 19.3. The molecule has 0 unspecified atom stereocenters. The Balaban J connectivity index is 1.54. The van der Waals surface area contributed by atoms with Gasteiger partial charge in [-0.3, -0.25) is 9.59 Å². The highest BCUT2D eigenvalue weighted by Gasteiger charge is 2.14.